The molecule has 0 aliphatic heterocycles. The maximum atomic E-state index is 9.19. The van der Waals surface area contributed by atoms with Crippen LogP contribution in [-0.4, -0.2) is 5.11 Å². The predicted molar refractivity (Wildman–Crippen MR) is 59.7 cm³/mol. The first kappa shape index (κ1) is 9.71. The van der Waals surface area contributed by atoms with Gasteiger partial charge in [0.1, 0.15) is 5.75 Å². The maximum Gasteiger partial charge on any atom is 0.327 e. The Balaban J connectivity index is 2.49. The van der Waals surface area contributed by atoms with E-state index < -0.39 is 0 Å². The molecule has 2 aromatic rings. The first-order valence-corrected chi connectivity index (χ1v) is 4.86. The molecule has 0 fully saturated rings. The number of phenols is 1. The highest BCUT2D eigenvalue weighted by Crippen LogP contribution is 2.23. The third kappa shape index (κ3) is 2.15. The van der Waals surface area contributed by atoms with Crippen LogP contribution in [0.15, 0.2) is 40.8 Å². The van der Waals surface area contributed by atoms with Crippen LogP contribution in [0.2, 0.25) is 0 Å². The number of hydrogen-bond acceptors (Lipinski definition) is 1. The van der Waals surface area contributed by atoms with Gasteiger partial charge in [0.05, 0.1) is 13.8 Å². The van der Waals surface area contributed by atoms with Gasteiger partial charge in [0.15, 0.2) is 0 Å². The van der Waals surface area contributed by atoms with Crippen LogP contribution >= 0.6 is 0 Å². The van der Waals surface area contributed by atoms with E-state index in [2.05, 4.69) is 0 Å². The molecule has 1 N–H and O–H groups in total. The van der Waals surface area contributed by atoms with E-state index >= 15 is 0 Å². The van der Waals surface area contributed by atoms with Crippen LogP contribution in [0.5, 0.6) is 5.75 Å². The van der Waals surface area contributed by atoms with Crippen molar-refractivity contribution in [1.29, 1.82) is 0 Å². The van der Waals surface area contributed by atoms with Crippen molar-refractivity contribution in [2.45, 2.75) is 13.8 Å². The fourth-order valence-corrected chi connectivity index (χ4v) is 1.61. The lowest BCUT2D eigenvalue weighted by molar-refractivity contribution is 0.475. The fourth-order valence-electron chi connectivity index (χ4n) is 1.61. The Morgan fingerprint density at radius 2 is 1.40 bits per heavy atom. The van der Waals surface area contributed by atoms with Crippen molar-refractivity contribution in [3.8, 4) is 16.9 Å². The van der Waals surface area contributed by atoms with E-state index in [0.29, 0.717) is 0 Å². The largest absolute Gasteiger partial charge is 0.508 e. The second kappa shape index (κ2) is 3.73. The monoisotopic (exact) mass is 201 g/mol. The Morgan fingerprint density at radius 1 is 0.867 bits per heavy atom. The molecule has 1 aromatic carbocycles. The van der Waals surface area contributed by atoms with Crippen molar-refractivity contribution in [2.24, 2.45) is 0 Å². The van der Waals surface area contributed by atoms with Gasteiger partial charge in [-0.1, -0.05) is 12.1 Å². The van der Waals surface area contributed by atoms with E-state index in [0.717, 1.165) is 22.6 Å². The molecule has 0 bridgehead atoms. The summed E-state index contributed by atoms with van der Waals surface area (Å²) in [7, 11) is 0. The molecule has 0 unspecified atom stereocenters. The van der Waals surface area contributed by atoms with E-state index in [-0.39, 0.29) is 5.75 Å². The molecular formula is C13H13O2+. The molecule has 1 aromatic heterocycles. The van der Waals surface area contributed by atoms with E-state index in [1.54, 1.807) is 12.1 Å². The second-order valence-electron chi connectivity index (χ2n) is 3.61. The number of aromatic hydroxyl groups is 1. The number of hydrogen-bond donors (Lipinski definition) is 1. The maximum absolute atomic E-state index is 9.19. The van der Waals surface area contributed by atoms with Crippen molar-refractivity contribution in [2.75, 3.05) is 0 Å². The van der Waals surface area contributed by atoms with Crippen LogP contribution in [0.3, 0.4) is 0 Å². The molecule has 0 saturated carbocycles. The summed E-state index contributed by atoms with van der Waals surface area (Å²) >= 11 is 0. The summed E-state index contributed by atoms with van der Waals surface area (Å²) in [5.41, 5.74) is 2.19. The van der Waals surface area contributed by atoms with E-state index in [4.69, 9.17) is 4.42 Å². The lowest BCUT2D eigenvalue weighted by atomic mass is 10.1. The average molecular weight is 201 g/mol. The molecule has 1 heterocycles. The molecule has 0 radical (unpaired) electrons. The van der Waals surface area contributed by atoms with Gasteiger partial charge in [-0.3, -0.25) is 0 Å². The van der Waals surface area contributed by atoms with Gasteiger partial charge in [-0.2, -0.15) is 0 Å². The van der Waals surface area contributed by atoms with Crippen LogP contribution in [0.1, 0.15) is 11.5 Å². The summed E-state index contributed by atoms with van der Waals surface area (Å²) in [6.45, 7) is 3.85. The van der Waals surface area contributed by atoms with Gasteiger partial charge in [-0.15, -0.1) is 0 Å². The lowest BCUT2D eigenvalue weighted by Crippen LogP contribution is -1.82. The molecule has 2 rings (SSSR count). The van der Waals surface area contributed by atoms with Gasteiger partial charge in [0, 0.05) is 12.1 Å². The molecule has 0 atom stereocenters. The van der Waals surface area contributed by atoms with Gasteiger partial charge in [-0.05, 0) is 23.3 Å². The molecule has 2 heteroatoms. The average Bonchev–Trinajstić information content (AvgIpc) is 2.17. The number of aryl methyl sites for hydroxylation is 2. The molecule has 2 nitrogen and oxygen atoms in total. The van der Waals surface area contributed by atoms with E-state index in [1.165, 1.54) is 0 Å². The third-order valence-corrected chi connectivity index (χ3v) is 2.24. The van der Waals surface area contributed by atoms with Gasteiger partial charge >= 0.3 is 11.5 Å². The summed E-state index contributed by atoms with van der Waals surface area (Å²) < 4.78 is 5.41. The van der Waals surface area contributed by atoms with Crippen molar-refractivity contribution >= 4 is 0 Å². The standard InChI is InChI=1S/C13H12O2/c1-9-7-12(8-10(2)15-9)11-3-5-13(14)6-4-11/h3-8H,1-2H3/p+1. The minimum Gasteiger partial charge on any atom is -0.508 e. The molecule has 76 valence electrons. The van der Waals surface area contributed by atoms with Gasteiger partial charge < -0.3 is 5.11 Å². The zero-order chi connectivity index (χ0) is 10.8. The van der Waals surface area contributed by atoms with Gasteiger partial charge in [-0.25, -0.2) is 4.42 Å². The fraction of sp³-hybridized carbons (Fsp3) is 0.154. The molecule has 0 amide bonds. The van der Waals surface area contributed by atoms with Crippen molar-refractivity contribution in [1.82, 2.24) is 0 Å². The topological polar surface area (TPSA) is 31.5 Å². The molecule has 0 aliphatic carbocycles. The Morgan fingerprint density at radius 3 is 1.93 bits per heavy atom. The van der Waals surface area contributed by atoms with Crippen LogP contribution in [-0.2, 0) is 0 Å². The third-order valence-electron chi connectivity index (χ3n) is 2.24. The lowest BCUT2D eigenvalue weighted by Gasteiger charge is -1.99. The SMILES string of the molecule is Cc1cc(-c2ccc(O)cc2)cc(C)[o+]1. The van der Waals surface area contributed by atoms with Crippen molar-refractivity contribution < 1.29 is 9.52 Å². The highest BCUT2D eigenvalue weighted by molar-refractivity contribution is 5.64. The van der Waals surface area contributed by atoms with Crippen molar-refractivity contribution in [3.63, 3.8) is 0 Å². The van der Waals surface area contributed by atoms with Crippen LogP contribution in [0.4, 0.5) is 0 Å². The minimum atomic E-state index is 0.285. The Hall–Kier alpha value is -1.83. The molecule has 0 aliphatic rings. The summed E-state index contributed by atoms with van der Waals surface area (Å²) in [5, 5.41) is 9.19. The quantitative estimate of drug-likeness (QED) is 0.715. The molecular weight excluding hydrogens is 188 g/mol. The summed E-state index contributed by atoms with van der Waals surface area (Å²) in [5.74, 6) is 2.06. The Labute approximate surface area is 88.8 Å². The number of phenolic OH excluding ortho intramolecular Hbond substituents is 1. The number of rotatable bonds is 1. The summed E-state index contributed by atoms with van der Waals surface area (Å²) in [6, 6.07) is 11.1. The van der Waals surface area contributed by atoms with Crippen molar-refractivity contribution in [3.05, 3.63) is 47.9 Å². The Kier molecular flexibility index (Phi) is 2.42. The number of benzene rings is 1. The zero-order valence-electron chi connectivity index (χ0n) is 8.82. The van der Waals surface area contributed by atoms with E-state index in [9.17, 15) is 5.11 Å². The second-order valence-corrected chi connectivity index (χ2v) is 3.61. The highest BCUT2D eigenvalue weighted by Gasteiger charge is 2.08. The molecule has 0 saturated heterocycles. The van der Waals surface area contributed by atoms with Gasteiger partial charge in [0.2, 0.25) is 0 Å². The summed E-state index contributed by atoms with van der Waals surface area (Å²) in [6.07, 6.45) is 0. The zero-order valence-corrected chi connectivity index (χ0v) is 8.82. The summed E-state index contributed by atoms with van der Waals surface area (Å²) in [4.78, 5) is 0. The van der Waals surface area contributed by atoms with Crippen LogP contribution < -0.4 is 0 Å². The smallest absolute Gasteiger partial charge is 0.327 e. The minimum absolute atomic E-state index is 0.285. The van der Waals surface area contributed by atoms with E-state index in [1.807, 2.05) is 38.1 Å². The molecule has 15 heavy (non-hydrogen) atoms. The van der Waals surface area contributed by atoms with Crippen LogP contribution in [0.25, 0.3) is 11.1 Å². The first-order chi connectivity index (χ1) is 7.15. The molecule has 0 spiro atoms. The predicted octanol–water partition coefficient (Wildman–Crippen LogP) is 3.55. The first-order valence-electron chi connectivity index (χ1n) is 4.86. The highest BCUT2D eigenvalue weighted by atomic mass is 16.3. The normalized spacial score (nSPS) is 10.3. The Bertz CT molecular complexity index is 452. The van der Waals surface area contributed by atoms with Crippen LogP contribution in [0, 0.1) is 13.8 Å². The van der Waals surface area contributed by atoms with Gasteiger partial charge in [0.25, 0.3) is 0 Å².